The average Bonchev–Trinajstić information content (AvgIpc) is 2.74. The van der Waals surface area contributed by atoms with Crippen molar-refractivity contribution < 1.29 is 0 Å². The number of hydrogen-bond acceptors (Lipinski definition) is 0. The molecule has 0 saturated heterocycles. The molecule has 1 heteroatoms. The Morgan fingerprint density at radius 1 is 0.812 bits per heavy atom. The number of benzene rings is 2. The van der Waals surface area contributed by atoms with Gasteiger partial charge in [0.05, 0.1) is 0 Å². The van der Waals surface area contributed by atoms with Gasteiger partial charge in [-0.3, -0.25) is 0 Å². The largest absolute Gasteiger partial charge is 0.0787 e. The summed E-state index contributed by atoms with van der Waals surface area (Å²) in [6, 6.07) is 19.4. The highest BCUT2D eigenvalue weighted by Gasteiger charge is 2.16. The van der Waals surface area contributed by atoms with Crippen molar-refractivity contribution in [3.63, 3.8) is 0 Å². The lowest BCUT2D eigenvalue weighted by molar-refractivity contribution is 1.26. The van der Waals surface area contributed by atoms with Crippen molar-refractivity contribution in [1.29, 1.82) is 0 Å². The molecular weight excluding hydrogens is 211 g/mol. The molecule has 0 spiro atoms. The van der Waals surface area contributed by atoms with Crippen molar-refractivity contribution in [2.75, 3.05) is 0 Å². The molecule has 0 N–H and O–H groups in total. The average molecular weight is 224 g/mol. The minimum Gasteiger partial charge on any atom is -0.0787 e. The number of fused-ring (bicyclic) bond motifs is 1. The van der Waals surface area contributed by atoms with Gasteiger partial charge in [-0.2, -0.15) is 0 Å². The van der Waals surface area contributed by atoms with E-state index in [1.54, 1.807) is 0 Å². The summed E-state index contributed by atoms with van der Waals surface area (Å²) in [6.07, 6.45) is 4.58. The fraction of sp³-hybridized carbons (Fsp3) is 0.0667. The minimum atomic E-state index is 0.582. The summed E-state index contributed by atoms with van der Waals surface area (Å²) < 4.78 is 0. The fourth-order valence-electron chi connectivity index (χ4n) is 2.09. The zero-order valence-corrected chi connectivity index (χ0v) is 9.93. The fourth-order valence-corrected chi connectivity index (χ4v) is 3.44. The van der Waals surface area contributed by atoms with Gasteiger partial charge in [0.25, 0.3) is 0 Å². The Labute approximate surface area is 97.8 Å². The zero-order valence-electron chi connectivity index (χ0n) is 8.93. The van der Waals surface area contributed by atoms with E-state index in [1.807, 2.05) is 0 Å². The van der Waals surface area contributed by atoms with E-state index in [-0.39, 0.29) is 0 Å². The third-order valence-corrected chi connectivity index (χ3v) is 4.38. The van der Waals surface area contributed by atoms with E-state index in [9.17, 15) is 0 Å². The van der Waals surface area contributed by atoms with Crippen molar-refractivity contribution in [2.24, 2.45) is 0 Å². The summed E-state index contributed by atoms with van der Waals surface area (Å²) in [7, 11) is 0.838. The molecule has 0 fully saturated rings. The van der Waals surface area contributed by atoms with E-state index in [0.29, 0.717) is 5.66 Å². The Kier molecular flexibility index (Phi) is 2.60. The lowest BCUT2D eigenvalue weighted by Gasteiger charge is -2.10. The Hall–Kier alpha value is -1.39. The van der Waals surface area contributed by atoms with Gasteiger partial charge >= 0.3 is 0 Å². The highest BCUT2D eigenvalue weighted by atomic mass is 31.1. The number of rotatable bonds is 2. The van der Waals surface area contributed by atoms with Crippen LogP contribution in [0.2, 0.25) is 0 Å². The second kappa shape index (κ2) is 4.23. The van der Waals surface area contributed by atoms with Crippen LogP contribution in [-0.2, 0) is 0 Å². The summed E-state index contributed by atoms with van der Waals surface area (Å²) in [5, 5.41) is 1.44. The molecule has 0 aromatic heterocycles. The Bertz CT molecular complexity index is 514. The van der Waals surface area contributed by atoms with Crippen molar-refractivity contribution in [2.45, 2.75) is 5.66 Å². The van der Waals surface area contributed by atoms with Gasteiger partial charge < -0.3 is 0 Å². The summed E-state index contributed by atoms with van der Waals surface area (Å²) >= 11 is 0. The van der Waals surface area contributed by atoms with Crippen molar-refractivity contribution >= 4 is 20.0 Å². The van der Waals surface area contributed by atoms with Gasteiger partial charge in [0.15, 0.2) is 0 Å². The monoisotopic (exact) mass is 224 g/mol. The maximum Gasteiger partial charge on any atom is 0.0243 e. The van der Waals surface area contributed by atoms with E-state index in [1.165, 1.54) is 16.4 Å². The molecule has 2 atom stereocenters. The third kappa shape index (κ3) is 1.81. The van der Waals surface area contributed by atoms with Crippen LogP contribution < -0.4 is 5.30 Å². The van der Waals surface area contributed by atoms with Gasteiger partial charge in [0.1, 0.15) is 0 Å². The van der Waals surface area contributed by atoms with Crippen LogP contribution in [0.4, 0.5) is 0 Å². The first kappa shape index (κ1) is 9.81. The molecule has 1 aliphatic carbocycles. The first-order chi connectivity index (χ1) is 7.93. The summed E-state index contributed by atoms with van der Waals surface area (Å²) in [4.78, 5) is 0. The van der Waals surface area contributed by atoms with Gasteiger partial charge in [-0.1, -0.05) is 75.3 Å². The van der Waals surface area contributed by atoms with Crippen LogP contribution in [0.25, 0.3) is 6.08 Å². The Balaban J connectivity index is 1.87. The van der Waals surface area contributed by atoms with E-state index < -0.39 is 0 Å². The molecule has 2 unspecified atom stereocenters. The summed E-state index contributed by atoms with van der Waals surface area (Å²) in [5.74, 6) is 0. The van der Waals surface area contributed by atoms with Gasteiger partial charge in [0, 0.05) is 5.66 Å². The molecule has 0 nitrogen and oxygen atoms in total. The molecule has 0 heterocycles. The summed E-state index contributed by atoms with van der Waals surface area (Å²) in [6.45, 7) is 0. The second-order valence-corrected chi connectivity index (χ2v) is 5.46. The van der Waals surface area contributed by atoms with Crippen molar-refractivity contribution in [3.05, 3.63) is 71.8 Å². The first-order valence-electron chi connectivity index (χ1n) is 5.52. The van der Waals surface area contributed by atoms with Gasteiger partial charge in [-0.15, -0.1) is 0 Å². The maximum atomic E-state index is 2.33. The maximum absolute atomic E-state index is 2.33. The molecule has 0 amide bonds. The topological polar surface area (TPSA) is 0 Å². The quantitative estimate of drug-likeness (QED) is 0.681. The normalized spacial score (nSPS) is 18.1. The zero-order chi connectivity index (χ0) is 10.8. The van der Waals surface area contributed by atoms with Crippen LogP contribution in [0, 0.1) is 0 Å². The van der Waals surface area contributed by atoms with Crippen LogP contribution in [0.15, 0.2) is 60.7 Å². The smallest absolute Gasteiger partial charge is 0.0243 e. The van der Waals surface area contributed by atoms with E-state index in [2.05, 4.69) is 66.7 Å². The Morgan fingerprint density at radius 3 is 2.44 bits per heavy atom. The number of allylic oxidation sites excluding steroid dienone is 1. The van der Waals surface area contributed by atoms with Crippen molar-refractivity contribution in [3.8, 4) is 0 Å². The molecule has 0 radical (unpaired) electrons. The number of hydrogen-bond donors (Lipinski definition) is 0. The third-order valence-electron chi connectivity index (χ3n) is 2.90. The molecule has 78 valence electrons. The van der Waals surface area contributed by atoms with Crippen molar-refractivity contribution in [1.82, 2.24) is 0 Å². The van der Waals surface area contributed by atoms with Gasteiger partial charge in [0.2, 0.25) is 0 Å². The molecule has 2 aromatic carbocycles. The van der Waals surface area contributed by atoms with Crippen LogP contribution in [-0.4, -0.2) is 0 Å². The van der Waals surface area contributed by atoms with Gasteiger partial charge in [-0.25, -0.2) is 0 Å². The molecule has 3 rings (SSSR count). The molecule has 16 heavy (non-hydrogen) atoms. The van der Waals surface area contributed by atoms with Crippen LogP contribution >= 0.6 is 8.58 Å². The lowest BCUT2D eigenvalue weighted by atomic mass is 10.1. The molecular formula is C15H13P. The predicted octanol–water partition coefficient (Wildman–Crippen LogP) is 3.76. The molecule has 0 aliphatic heterocycles. The molecule has 0 bridgehead atoms. The van der Waals surface area contributed by atoms with E-state index in [4.69, 9.17) is 0 Å². The van der Waals surface area contributed by atoms with Crippen LogP contribution in [0.3, 0.4) is 0 Å². The Morgan fingerprint density at radius 2 is 1.56 bits per heavy atom. The van der Waals surface area contributed by atoms with Crippen LogP contribution in [0.5, 0.6) is 0 Å². The van der Waals surface area contributed by atoms with E-state index in [0.717, 1.165) is 8.58 Å². The molecule has 1 aliphatic rings. The lowest BCUT2D eigenvalue weighted by Crippen LogP contribution is -1.96. The highest BCUT2D eigenvalue weighted by molar-refractivity contribution is 7.47. The van der Waals surface area contributed by atoms with Gasteiger partial charge in [-0.05, 0) is 16.4 Å². The molecule has 0 saturated carbocycles. The standard InChI is InChI=1S/C15H13P/c1-2-7-13(8-3-1)16-15-11-10-12-6-4-5-9-14(12)15/h1-11,15-16H. The SMILES string of the molecule is C1=CC(Pc2ccccc2)c2ccccc21. The predicted molar refractivity (Wildman–Crippen MR) is 72.6 cm³/mol. The highest BCUT2D eigenvalue weighted by Crippen LogP contribution is 2.41. The molecule has 2 aromatic rings. The summed E-state index contributed by atoms with van der Waals surface area (Å²) in [5.41, 5.74) is 3.44. The second-order valence-electron chi connectivity index (χ2n) is 3.98. The van der Waals surface area contributed by atoms with E-state index >= 15 is 0 Å². The van der Waals surface area contributed by atoms with Crippen LogP contribution in [0.1, 0.15) is 16.8 Å². The first-order valence-corrected chi connectivity index (χ1v) is 6.60. The minimum absolute atomic E-state index is 0.582.